The minimum Gasteiger partial charge on any atom is -0.303 e. The molecule has 9 atom stereocenters. The van der Waals surface area contributed by atoms with Crippen LogP contribution in [0.2, 0.25) is 0 Å². The van der Waals surface area contributed by atoms with Crippen molar-refractivity contribution in [1.29, 1.82) is 0 Å². The van der Waals surface area contributed by atoms with Gasteiger partial charge in [0, 0.05) is 5.92 Å². The number of hydrogen-bond donors (Lipinski definition) is 0. The number of fused-ring (bicyclic) bond motifs is 5. The highest BCUT2D eigenvalue weighted by Gasteiger charge is 2.60. The van der Waals surface area contributed by atoms with Crippen molar-refractivity contribution in [3.05, 3.63) is 0 Å². The molecule has 0 amide bonds. The second-order valence-electron chi connectivity index (χ2n) is 10.9. The quantitative estimate of drug-likeness (QED) is 0.534. The molecule has 4 fully saturated rings. The Bertz CT molecular complexity index is 512. The Balaban J connectivity index is 1.57. The number of carbonyl (C=O) groups excluding carboxylic acids is 1. The first-order chi connectivity index (χ1) is 11.9. The summed E-state index contributed by atoms with van der Waals surface area (Å²) in [6, 6.07) is 0. The average molecular weight is 345 g/mol. The molecule has 0 aromatic heterocycles. The summed E-state index contributed by atoms with van der Waals surface area (Å²) in [5.41, 5.74) is 1.08. The second-order valence-corrected chi connectivity index (χ2v) is 10.9. The van der Waals surface area contributed by atoms with E-state index in [1.165, 1.54) is 70.5 Å². The van der Waals surface area contributed by atoms with E-state index in [-0.39, 0.29) is 5.92 Å². The smallest absolute Gasteiger partial charge is 0.123 e. The zero-order valence-electron chi connectivity index (χ0n) is 17.1. The number of rotatable bonds is 3. The van der Waals surface area contributed by atoms with Gasteiger partial charge in [-0.15, -0.1) is 0 Å². The number of aldehydes is 1. The summed E-state index contributed by atoms with van der Waals surface area (Å²) < 4.78 is 0. The van der Waals surface area contributed by atoms with E-state index < -0.39 is 0 Å². The molecule has 7 unspecified atom stereocenters. The summed E-state index contributed by atoms with van der Waals surface area (Å²) in [5, 5.41) is 0. The van der Waals surface area contributed by atoms with Crippen LogP contribution < -0.4 is 0 Å². The molecule has 0 aromatic carbocycles. The van der Waals surface area contributed by atoms with Crippen LogP contribution in [0.1, 0.15) is 91.9 Å². The summed E-state index contributed by atoms with van der Waals surface area (Å²) in [4.78, 5) is 11.5. The molecule has 0 heterocycles. The maximum absolute atomic E-state index is 11.5. The monoisotopic (exact) mass is 344 g/mol. The largest absolute Gasteiger partial charge is 0.303 e. The summed E-state index contributed by atoms with van der Waals surface area (Å²) in [6.07, 6.45) is 15.7. The van der Waals surface area contributed by atoms with Gasteiger partial charge in [0.05, 0.1) is 0 Å². The van der Waals surface area contributed by atoms with Crippen molar-refractivity contribution in [1.82, 2.24) is 0 Å². The van der Waals surface area contributed by atoms with Crippen molar-refractivity contribution < 1.29 is 4.79 Å². The lowest BCUT2D eigenvalue weighted by atomic mass is 9.44. The first-order valence-corrected chi connectivity index (χ1v) is 11.4. The van der Waals surface area contributed by atoms with Crippen LogP contribution in [0.4, 0.5) is 0 Å². The molecule has 4 saturated carbocycles. The van der Waals surface area contributed by atoms with Crippen LogP contribution in [0.3, 0.4) is 0 Å². The molecular weight excluding hydrogens is 304 g/mol. The van der Waals surface area contributed by atoms with Gasteiger partial charge in [-0.3, -0.25) is 0 Å². The van der Waals surface area contributed by atoms with E-state index in [0.717, 1.165) is 29.6 Å². The van der Waals surface area contributed by atoms with E-state index in [4.69, 9.17) is 0 Å². The van der Waals surface area contributed by atoms with Gasteiger partial charge in [-0.25, -0.2) is 0 Å². The van der Waals surface area contributed by atoms with Gasteiger partial charge in [-0.05, 0) is 104 Å². The lowest BCUT2D eigenvalue weighted by Gasteiger charge is -2.61. The van der Waals surface area contributed by atoms with Gasteiger partial charge < -0.3 is 4.79 Å². The van der Waals surface area contributed by atoms with Gasteiger partial charge in [-0.2, -0.15) is 0 Å². The molecule has 0 aromatic rings. The van der Waals surface area contributed by atoms with Gasteiger partial charge in [-0.1, -0.05) is 34.1 Å². The third-order valence-electron chi connectivity index (χ3n) is 10.3. The number of carbonyl (C=O) groups is 1. The normalized spacial score (nSPS) is 53.4. The summed E-state index contributed by atoms with van der Waals surface area (Å²) >= 11 is 0. The first-order valence-electron chi connectivity index (χ1n) is 11.4. The van der Waals surface area contributed by atoms with E-state index in [2.05, 4.69) is 27.7 Å². The second kappa shape index (κ2) is 6.38. The minimum atomic E-state index is 0.262. The van der Waals surface area contributed by atoms with Crippen LogP contribution in [0.25, 0.3) is 0 Å². The van der Waals surface area contributed by atoms with Gasteiger partial charge in [0.25, 0.3) is 0 Å². The molecule has 25 heavy (non-hydrogen) atoms. The molecule has 0 radical (unpaired) electrons. The van der Waals surface area contributed by atoms with E-state index >= 15 is 0 Å². The highest BCUT2D eigenvalue weighted by atomic mass is 16.1. The van der Waals surface area contributed by atoms with Crippen molar-refractivity contribution in [3.8, 4) is 0 Å². The summed E-state index contributed by atoms with van der Waals surface area (Å²) in [5.74, 6) is 5.77. The van der Waals surface area contributed by atoms with Crippen molar-refractivity contribution in [2.45, 2.75) is 91.9 Å². The Morgan fingerprint density at radius 3 is 2.40 bits per heavy atom. The molecule has 142 valence electrons. The number of hydrogen-bond acceptors (Lipinski definition) is 1. The Morgan fingerprint density at radius 2 is 1.68 bits per heavy atom. The molecule has 4 aliphatic carbocycles. The zero-order chi connectivity index (χ0) is 17.8. The molecular formula is C24H40O. The molecule has 1 nitrogen and oxygen atoms in total. The van der Waals surface area contributed by atoms with Crippen LogP contribution in [0.5, 0.6) is 0 Å². The average Bonchev–Trinajstić information content (AvgIpc) is 2.97. The van der Waals surface area contributed by atoms with Gasteiger partial charge in [0.15, 0.2) is 0 Å². The predicted molar refractivity (Wildman–Crippen MR) is 104 cm³/mol. The van der Waals surface area contributed by atoms with Gasteiger partial charge in [0.1, 0.15) is 6.29 Å². The Morgan fingerprint density at radius 1 is 0.960 bits per heavy atom. The molecule has 0 saturated heterocycles. The molecule has 0 aliphatic heterocycles. The Labute approximate surface area is 155 Å². The van der Waals surface area contributed by atoms with Gasteiger partial charge in [0.2, 0.25) is 0 Å². The van der Waals surface area contributed by atoms with E-state index in [9.17, 15) is 4.79 Å². The van der Waals surface area contributed by atoms with Crippen LogP contribution in [0.15, 0.2) is 0 Å². The highest BCUT2D eigenvalue weighted by molar-refractivity contribution is 5.53. The Hall–Kier alpha value is -0.330. The lowest BCUT2D eigenvalue weighted by molar-refractivity contribution is -0.126. The molecule has 0 N–H and O–H groups in total. The fraction of sp³-hybridized carbons (Fsp3) is 0.958. The van der Waals surface area contributed by atoms with E-state index in [1.807, 2.05) is 0 Å². The molecule has 1 heteroatoms. The third kappa shape index (κ3) is 2.58. The molecule has 4 rings (SSSR count). The highest BCUT2D eigenvalue weighted by Crippen LogP contribution is 2.68. The summed E-state index contributed by atoms with van der Waals surface area (Å²) in [6.45, 7) is 9.83. The maximum atomic E-state index is 11.5. The SMILES string of the molecule is CC[C@H]1CCC2(C)C(CCC3C2CCC2(C)C3CCC2[C@@H](C)C=O)C1. The molecule has 4 aliphatic rings. The fourth-order valence-electron chi connectivity index (χ4n) is 8.72. The third-order valence-corrected chi connectivity index (χ3v) is 10.3. The Kier molecular flexibility index (Phi) is 4.61. The van der Waals surface area contributed by atoms with Crippen molar-refractivity contribution >= 4 is 6.29 Å². The molecule has 0 spiro atoms. The lowest BCUT2D eigenvalue weighted by Crippen LogP contribution is -2.53. The van der Waals surface area contributed by atoms with Gasteiger partial charge >= 0.3 is 0 Å². The topological polar surface area (TPSA) is 17.1 Å². The van der Waals surface area contributed by atoms with E-state index in [1.54, 1.807) is 0 Å². The van der Waals surface area contributed by atoms with Crippen molar-refractivity contribution in [3.63, 3.8) is 0 Å². The van der Waals surface area contributed by atoms with Crippen LogP contribution in [-0.4, -0.2) is 6.29 Å². The fourth-order valence-corrected chi connectivity index (χ4v) is 8.72. The predicted octanol–water partition coefficient (Wildman–Crippen LogP) is 6.51. The van der Waals surface area contributed by atoms with Crippen LogP contribution in [0, 0.1) is 52.3 Å². The zero-order valence-corrected chi connectivity index (χ0v) is 17.1. The molecule has 0 bridgehead atoms. The van der Waals surface area contributed by atoms with Crippen molar-refractivity contribution in [2.75, 3.05) is 0 Å². The van der Waals surface area contributed by atoms with Crippen LogP contribution in [-0.2, 0) is 4.79 Å². The maximum Gasteiger partial charge on any atom is 0.123 e. The minimum absolute atomic E-state index is 0.262. The van der Waals surface area contributed by atoms with E-state index in [0.29, 0.717) is 16.7 Å². The first kappa shape index (κ1) is 18.1. The van der Waals surface area contributed by atoms with Crippen molar-refractivity contribution in [2.24, 2.45) is 52.3 Å². The standard InChI is InChI=1S/C24H40O/c1-5-17-10-12-23(3)18(14-17)6-7-19-21-9-8-20(16(2)15-25)24(21,4)13-11-22(19)23/h15-22H,5-14H2,1-4H3/t16-,17-,18?,19?,20?,21?,22?,23?,24?/m0/s1. The summed E-state index contributed by atoms with van der Waals surface area (Å²) in [7, 11) is 0. The van der Waals surface area contributed by atoms with Crippen LogP contribution >= 0.6 is 0 Å².